The lowest BCUT2D eigenvalue weighted by Crippen LogP contribution is -2.47. The lowest BCUT2D eigenvalue weighted by Gasteiger charge is -2.35. The van der Waals surface area contributed by atoms with Gasteiger partial charge in [-0.2, -0.15) is 0 Å². The molecule has 5 heteroatoms. The van der Waals surface area contributed by atoms with Gasteiger partial charge in [-0.05, 0) is 37.4 Å². The molecule has 0 bridgehead atoms. The molecule has 116 valence electrons. The van der Waals surface area contributed by atoms with Gasteiger partial charge in [-0.1, -0.05) is 18.5 Å². The first-order valence-electron chi connectivity index (χ1n) is 8.12. The van der Waals surface area contributed by atoms with Crippen molar-refractivity contribution in [2.24, 2.45) is 0 Å². The van der Waals surface area contributed by atoms with Crippen LogP contribution in [0.3, 0.4) is 0 Å². The maximum absolute atomic E-state index is 6.44. The smallest absolute Gasteiger partial charge is 0.147 e. The van der Waals surface area contributed by atoms with Crippen molar-refractivity contribution in [3.63, 3.8) is 0 Å². The minimum atomic E-state index is 0.783. The van der Waals surface area contributed by atoms with Crippen LogP contribution in [0.5, 0.6) is 0 Å². The van der Waals surface area contributed by atoms with E-state index >= 15 is 0 Å². The van der Waals surface area contributed by atoms with Crippen LogP contribution in [-0.4, -0.2) is 48.6 Å². The van der Waals surface area contributed by atoms with Crippen LogP contribution in [0, 0.1) is 0 Å². The third kappa shape index (κ3) is 3.87. The molecule has 1 saturated carbocycles. The molecule has 2 heterocycles. The van der Waals surface area contributed by atoms with E-state index in [0.717, 1.165) is 68.1 Å². The first-order chi connectivity index (χ1) is 10.3. The lowest BCUT2D eigenvalue weighted by molar-refractivity contribution is 0.247. The summed E-state index contributed by atoms with van der Waals surface area (Å²) in [6, 6.07) is 2.92. The Morgan fingerprint density at radius 2 is 2.05 bits per heavy atom. The van der Waals surface area contributed by atoms with E-state index in [9.17, 15) is 0 Å². The van der Waals surface area contributed by atoms with Crippen LogP contribution in [-0.2, 0) is 6.54 Å². The highest BCUT2D eigenvalue weighted by Crippen LogP contribution is 2.30. The summed E-state index contributed by atoms with van der Waals surface area (Å²) in [7, 11) is 0. The van der Waals surface area contributed by atoms with Crippen LogP contribution in [0.1, 0.15) is 31.7 Å². The zero-order valence-corrected chi connectivity index (χ0v) is 13.6. The Hall–Kier alpha value is -0.840. The Labute approximate surface area is 132 Å². The molecule has 0 aromatic carbocycles. The van der Waals surface area contributed by atoms with Crippen LogP contribution >= 0.6 is 11.6 Å². The van der Waals surface area contributed by atoms with Gasteiger partial charge in [-0.3, -0.25) is 4.90 Å². The average molecular weight is 309 g/mol. The summed E-state index contributed by atoms with van der Waals surface area (Å²) in [4.78, 5) is 9.53. The average Bonchev–Trinajstić information content (AvgIpc) is 3.33. The van der Waals surface area contributed by atoms with Gasteiger partial charge in [0.05, 0.1) is 5.02 Å². The molecule has 21 heavy (non-hydrogen) atoms. The number of anilines is 1. The molecule has 4 nitrogen and oxygen atoms in total. The number of piperazine rings is 1. The van der Waals surface area contributed by atoms with E-state index in [2.05, 4.69) is 33.1 Å². The lowest BCUT2D eigenvalue weighted by atomic mass is 10.2. The highest BCUT2D eigenvalue weighted by molar-refractivity contribution is 6.33. The van der Waals surface area contributed by atoms with Gasteiger partial charge in [0.1, 0.15) is 5.82 Å². The molecule has 0 radical (unpaired) electrons. The van der Waals surface area contributed by atoms with E-state index in [0.29, 0.717) is 0 Å². The van der Waals surface area contributed by atoms with Crippen molar-refractivity contribution in [1.29, 1.82) is 0 Å². The molecule has 0 unspecified atom stereocenters. The van der Waals surface area contributed by atoms with Crippen molar-refractivity contribution in [3.05, 3.63) is 22.8 Å². The largest absolute Gasteiger partial charge is 0.353 e. The van der Waals surface area contributed by atoms with Gasteiger partial charge in [0.25, 0.3) is 0 Å². The first kappa shape index (κ1) is 15.1. The highest BCUT2D eigenvalue weighted by Gasteiger charge is 2.31. The second kappa shape index (κ2) is 6.95. The summed E-state index contributed by atoms with van der Waals surface area (Å²) in [6.45, 7) is 8.40. The van der Waals surface area contributed by atoms with E-state index in [1.54, 1.807) is 0 Å². The third-order valence-electron chi connectivity index (χ3n) is 4.31. The number of rotatable bonds is 6. The second-order valence-corrected chi connectivity index (χ2v) is 6.49. The van der Waals surface area contributed by atoms with Gasteiger partial charge >= 0.3 is 0 Å². The molecule has 1 aliphatic carbocycles. The fourth-order valence-corrected chi connectivity index (χ4v) is 3.26. The SMILES string of the molecule is CCCNCc1cnc(N2CCN(C3CC3)CC2)c(Cl)c1. The summed E-state index contributed by atoms with van der Waals surface area (Å²) in [5.74, 6) is 0.950. The van der Waals surface area contributed by atoms with Crippen molar-refractivity contribution in [1.82, 2.24) is 15.2 Å². The topological polar surface area (TPSA) is 31.4 Å². The van der Waals surface area contributed by atoms with Crippen LogP contribution in [0.25, 0.3) is 0 Å². The highest BCUT2D eigenvalue weighted by atomic mass is 35.5. The van der Waals surface area contributed by atoms with E-state index in [4.69, 9.17) is 11.6 Å². The molecule has 1 aliphatic heterocycles. The van der Waals surface area contributed by atoms with E-state index in [1.165, 1.54) is 12.8 Å². The van der Waals surface area contributed by atoms with Crippen molar-refractivity contribution >= 4 is 17.4 Å². The predicted octanol–water partition coefficient (Wildman–Crippen LogP) is 2.52. The number of nitrogens with zero attached hydrogens (tertiary/aromatic N) is 3. The van der Waals surface area contributed by atoms with Crippen LogP contribution < -0.4 is 10.2 Å². The minimum Gasteiger partial charge on any atom is -0.353 e. The standard InChI is InChI=1S/C16H25ClN4/c1-2-5-18-11-13-10-15(17)16(19-12-13)21-8-6-20(7-9-21)14-3-4-14/h10,12,14,18H,2-9,11H2,1H3. The molecule has 3 rings (SSSR count). The number of hydrogen-bond donors (Lipinski definition) is 1. The summed E-state index contributed by atoms with van der Waals surface area (Å²) >= 11 is 6.44. The number of pyridine rings is 1. The zero-order valence-electron chi connectivity index (χ0n) is 12.8. The van der Waals surface area contributed by atoms with Gasteiger partial charge in [-0.25, -0.2) is 4.98 Å². The molecule has 1 saturated heterocycles. The summed E-state index contributed by atoms with van der Waals surface area (Å²) < 4.78 is 0. The Balaban J connectivity index is 1.57. The number of halogens is 1. The van der Waals surface area contributed by atoms with Crippen LogP contribution in [0.4, 0.5) is 5.82 Å². The zero-order chi connectivity index (χ0) is 14.7. The quantitative estimate of drug-likeness (QED) is 0.818. The predicted molar refractivity (Wildman–Crippen MR) is 88.1 cm³/mol. The minimum absolute atomic E-state index is 0.783. The van der Waals surface area contributed by atoms with Gasteiger partial charge in [0.2, 0.25) is 0 Å². The van der Waals surface area contributed by atoms with Gasteiger partial charge < -0.3 is 10.2 Å². The van der Waals surface area contributed by atoms with Crippen molar-refractivity contribution in [2.45, 2.75) is 38.8 Å². The second-order valence-electron chi connectivity index (χ2n) is 6.08. The molecule has 1 N–H and O–H groups in total. The van der Waals surface area contributed by atoms with Crippen LogP contribution in [0.2, 0.25) is 5.02 Å². The van der Waals surface area contributed by atoms with Crippen molar-refractivity contribution < 1.29 is 0 Å². The van der Waals surface area contributed by atoms with Crippen molar-refractivity contribution in [2.75, 3.05) is 37.6 Å². The number of aromatic nitrogens is 1. The molecule has 2 aliphatic rings. The number of nitrogens with one attached hydrogen (secondary N) is 1. The molecular formula is C16H25ClN4. The van der Waals surface area contributed by atoms with Crippen molar-refractivity contribution in [3.8, 4) is 0 Å². The van der Waals surface area contributed by atoms with E-state index in [1.807, 2.05) is 6.20 Å². The molecule has 0 amide bonds. The van der Waals surface area contributed by atoms with E-state index < -0.39 is 0 Å². The van der Waals surface area contributed by atoms with Gasteiger partial charge in [-0.15, -0.1) is 0 Å². The van der Waals surface area contributed by atoms with Gasteiger partial charge in [0.15, 0.2) is 0 Å². The Kier molecular flexibility index (Phi) is 4.99. The summed E-state index contributed by atoms with van der Waals surface area (Å²) in [6.07, 6.45) is 5.87. The summed E-state index contributed by atoms with van der Waals surface area (Å²) in [5, 5.41) is 4.17. The fraction of sp³-hybridized carbons (Fsp3) is 0.688. The molecule has 1 aromatic rings. The maximum atomic E-state index is 6.44. The Morgan fingerprint density at radius 3 is 2.67 bits per heavy atom. The fourth-order valence-electron chi connectivity index (χ4n) is 2.95. The Morgan fingerprint density at radius 1 is 1.29 bits per heavy atom. The third-order valence-corrected chi connectivity index (χ3v) is 4.59. The van der Waals surface area contributed by atoms with Gasteiger partial charge in [0, 0.05) is 45.0 Å². The molecule has 2 fully saturated rings. The molecular weight excluding hydrogens is 284 g/mol. The summed E-state index contributed by atoms with van der Waals surface area (Å²) in [5.41, 5.74) is 1.16. The normalized spacial score (nSPS) is 20.0. The maximum Gasteiger partial charge on any atom is 0.147 e. The Bertz CT molecular complexity index is 467. The van der Waals surface area contributed by atoms with Crippen LogP contribution in [0.15, 0.2) is 12.3 Å². The number of hydrogen-bond acceptors (Lipinski definition) is 4. The molecule has 0 spiro atoms. The molecule has 1 aromatic heterocycles. The first-order valence-corrected chi connectivity index (χ1v) is 8.50. The van der Waals surface area contributed by atoms with E-state index in [-0.39, 0.29) is 0 Å². The molecule has 0 atom stereocenters. The monoisotopic (exact) mass is 308 g/mol.